The number of aliphatic hydroxyl groups is 1. The predicted octanol–water partition coefficient (Wildman–Crippen LogP) is 3.36. The summed E-state index contributed by atoms with van der Waals surface area (Å²) in [7, 11) is 0. The molecule has 5 heteroatoms. The first-order chi connectivity index (χ1) is 11.8. The van der Waals surface area contributed by atoms with Gasteiger partial charge in [-0.1, -0.05) is 48.2 Å². The van der Waals surface area contributed by atoms with Crippen LogP contribution in [0.4, 0.5) is 4.79 Å². The summed E-state index contributed by atoms with van der Waals surface area (Å²) in [4.78, 5) is 16.4. The maximum Gasteiger partial charge on any atom is 0.317 e. The maximum absolute atomic E-state index is 12.3. The molecule has 1 heterocycles. The Hall–Kier alpha value is -1.98. The number of amides is 2. The molecule has 0 aromatic heterocycles. The molecule has 2 N–H and O–H groups in total. The van der Waals surface area contributed by atoms with Gasteiger partial charge in [-0.25, -0.2) is 4.79 Å². The molecule has 2 aromatic carbocycles. The molecule has 126 valence electrons. The van der Waals surface area contributed by atoms with Crippen molar-refractivity contribution in [2.45, 2.75) is 22.8 Å². The normalized spacial score (nSPS) is 17.0. The van der Waals surface area contributed by atoms with Gasteiger partial charge in [0.2, 0.25) is 0 Å². The highest BCUT2D eigenvalue weighted by Gasteiger charge is 2.25. The molecule has 2 amide bonds. The van der Waals surface area contributed by atoms with Crippen molar-refractivity contribution in [3.8, 4) is 0 Å². The van der Waals surface area contributed by atoms with Crippen LogP contribution in [0.3, 0.4) is 0 Å². The molecule has 0 bridgehead atoms. The molecule has 3 rings (SSSR count). The molecule has 1 aliphatic heterocycles. The van der Waals surface area contributed by atoms with Crippen molar-refractivity contribution in [2.75, 3.05) is 19.7 Å². The molecule has 0 unspecified atom stereocenters. The Balaban J connectivity index is 1.60. The summed E-state index contributed by atoms with van der Waals surface area (Å²) < 4.78 is 0. The summed E-state index contributed by atoms with van der Waals surface area (Å²) in [6.45, 7) is 2.02. The Bertz CT molecular complexity index is 678. The van der Waals surface area contributed by atoms with Gasteiger partial charge in [0.05, 0.1) is 0 Å². The zero-order valence-electron chi connectivity index (χ0n) is 13.5. The third-order valence-corrected chi connectivity index (χ3v) is 5.33. The molecular weight excluding hydrogens is 320 g/mol. The van der Waals surface area contributed by atoms with Crippen molar-refractivity contribution >= 4 is 17.8 Å². The van der Waals surface area contributed by atoms with E-state index in [1.54, 1.807) is 16.7 Å². The van der Waals surface area contributed by atoms with E-state index in [0.29, 0.717) is 13.1 Å². The summed E-state index contributed by atoms with van der Waals surface area (Å²) in [6, 6.07) is 18.3. The second kappa shape index (κ2) is 8.22. The minimum Gasteiger partial charge on any atom is -0.396 e. The van der Waals surface area contributed by atoms with Gasteiger partial charge >= 0.3 is 6.03 Å². The molecule has 1 fully saturated rings. The smallest absolute Gasteiger partial charge is 0.317 e. The monoisotopic (exact) mass is 342 g/mol. The zero-order chi connectivity index (χ0) is 16.8. The van der Waals surface area contributed by atoms with Crippen molar-refractivity contribution in [2.24, 2.45) is 5.92 Å². The fourth-order valence-electron chi connectivity index (χ4n) is 2.81. The van der Waals surface area contributed by atoms with Gasteiger partial charge in [0.25, 0.3) is 0 Å². The highest BCUT2D eigenvalue weighted by Crippen LogP contribution is 2.30. The molecule has 1 saturated heterocycles. The number of carbonyl (C=O) groups excluding carboxylic acids is 1. The lowest BCUT2D eigenvalue weighted by molar-refractivity contribution is 0.198. The Labute approximate surface area is 146 Å². The summed E-state index contributed by atoms with van der Waals surface area (Å²) in [6.07, 6.45) is 0.879. The van der Waals surface area contributed by atoms with Crippen LogP contribution in [0.25, 0.3) is 0 Å². The van der Waals surface area contributed by atoms with Crippen LogP contribution in [-0.2, 0) is 6.54 Å². The summed E-state index contributed by atoms with van der Waals surface area (Å²) >= 11 is 1.70. The van der Waals surface area contributed by atoms with Crippen LogP contribution in [0.2, 0.25) is 0 Å². The van der Waals surface area contributed by atoms with Crippen molar-refractivity contribution in [1.82, 2.24) is 10.2 Å². The minimum atomic E-state index is -0.0505. The van der Waals surface area contributed by atoms with Crippen molar-refractivity contribution in [3.63, 3.8) is 0 Å². The van der Waals surface area contributed by atoms with Crippen molar-refractivity contribution in [1.29, 1.82) is 0 Å². The molecule has 1 aliphatic rings. The second-order valence-corrected chi connectivity index (χ2v) is 7.08. The van der Waals surface area contributed by atoms with Crippen LogP contribution in [0.15, 0.2) is 64.4 Å². The SMILES string of the molecule is O=C(NCc1ccccc1Sc1ccccc1)N1CC[C@H](CO)C1. The molecule has 0 radical (unpaired) electrons. The van der Waals surface area contributed by atoms with Gasteiger partial charge in [0.15, 0.2) is 0 Å². The number of likely N-dealkylation sites (tertiary alicyclic amines) is 1. The zero-order valence-corrected chi connectivity index (χ0v) is 14.3. The van der Waals surface area contributed by atoms with E-state index < -0.39 is 0 Å². The van der Waals surface area contributed by atoms with Gasteiger partial charge in [0, 0.05) is 42.0 Å². The van der Waals surface area contributed by atoms with Crippen molar-refractivity contribution < 1.29 is 9.90 Å². The number of rotatable bonds is 5. The van der Waals surface area contributed by atoms with Crippen LogP contribution >= 0.6 is 11.8 Å². The van der Waals surface area contributed by atoms with E-state index >= 15 is 0 Å². The third-order valence-electron chi connectivity index (χ3n) is 4.20. The quantitative estimate of drug-likeness (QED) is 0.876. The lowest BCUT2D eigenvalue weighted by atomic mass is 10.1. The summed E-state index contributed by atoms with van der Waals surface area (Å²) in [5.74, 6) is 0.219. The highest BCUT2D eigenvalue weighted by molar-refractivity contribution is 7.99. The third kappa shape index (κ3) is 4.30. The second-order valence-electron chi connectivity index (χ2n) is 5.96. The Morgan fingerprint density at radius 1 is 1.17 bits per heavy atom. The standard InChI is InChI=1S/C19H22N2O2S/c22-14-15-10-11-21(13-15)19(23)20-12-16-6-4-5-9-18(16)24-17-7-2-1-3-8-17/h1-9,15,22H,10-14H2,(H,20,23)/t15-/m0/s1. The molecule has 1 atom stereocenters. The predicted molar refractivity (Wildman–Crippen MR) is 96.0 cm³/mol. The van der Waals surface area contributed by atoms with E-state index in [-0.39, 0.29) is 18.6 Å². The topological polar surface area (TPSA) is 52.6 Å². The van der Waals surface area contributed by atoms with Gasteiger partial charge in [0.1, 0.15) is 0 Å². The molecular formula is C19H22N2O2S. The molecule has 0 aliphatic carbocycles. The van der Waals surface area contributed by atoms with Crippen LogP contribution < -0.4 is 5.32 Å². The van der Waals surface area contributed by atoms with E-state index in [9.17, 15) is 9.90 Å². The van der Waals surface area contributed by atoms with Gasteiger partial charge < -0.3 is 15.3 Å². The fraction of sp³-hybridized carbons (Fsp3) is 0.316. The van der Waals surface area contributed by atoms with Crippen LogP contribution in [0.5, 0.6) is 0 Å². The lowest BCUT2D eigenvalue weighted by Gasteiger charge is -2.18. The first-order valence-corrected chi connectivity index (χ1v) is 9.02. The van der Waals surface area contributed by atoms with E-state index in [2.05, 4.69) is 23.5 Å². The first-order valence-electron chi connectivity index (χ1n) is 8.20. The minimum absolute atomic E-state index is 0.0505. The Morgan fingerprint density at radius 3 is 2.67 bits per heavy atom. The van der Waals surface area contributed by atoms with Crippen molar-refractivity contribution in [3.05, 3.63) is 60.2 Å². The number of hydrogen-bond acceptors (Lipinski definition) is 3. The summed E-state index contributed by atoms with van der Waals surface area (Å²) in [5.41, 5.74) is 1.11. The van der Waals surface area contributed by atoms with Gasteiger partial charge in [-0.3, -0.25) is 0 Å². The van der Waals surface area contributed by atoms with Crippen LogP contribution in [0, 0.1) is 5.92 Å². The van der Waals surface area contributed by atoms with Gasteiger partial charge in [-0.15, -0.1) is 0 Å². The molecule has 4 nitrogen and oxygen atoms in total. The molecule has 2 aromatic rings. The largest absolute Gasteiger partial charge is 0.396 e. The first kappa shape index (κ1) is 16.9. The van der Waals surface area contributed by atoms with E-state index in [1.165, 1.54) is 4.90 Å². The molecule has 24 heavy (non-hydrogen) atoms. The molecule has 0 spiro atoms. The van der Waals surface area contributed by atoms with Gasteiger partial charge in [-0.05, 0) is 30.2 Å². The molecule has 0 saturated carbocycles. The number of nitrogens with zero attached hydrogens (tertiary/aromatic N) is 1. The van der Waals surface area contributed by atoms with Crippen LogP contribution in [0.1, 0.15) is 12.0 Å². The van der Waals surface area contributed by atoms with E-state index in [1.807, 2.05) is 36.4 Å². The fourth-order valence-corrected chi connectivity index (χ4v) is 3.78. The summed E-state index contributed by atoms with van der Waals surface area (Å²) in [5, 5.41) is 12.2. The highest BCUT2D eigenvalue weighted by atomic mass is 32.2. The number of aliphatic hydroxyl groups excluding tert-OH is 1. The Morgan fingerprint density at radius 2 is 1.92 bits per heavy atom. The average molecular weight is 342 g/mol. The van der Waals surface area contributed by atoms with E-state index in [4.69, 9.17) is 0 Å². The number of carbonyl (C=O) groups is 1. The number of urea groups is 1. The van der Waals surface area contributed by atoms with Gasteiger partial charge in [-0.2, -0.15) is 0 Å². The average Bonchev–Trinajstić information content (AvgIpc) is 3.11. The Kier molecular flexibility index (Phi) is 5.77. The number of benzene rings is 2. The maximum atomic E-state index is 12.3. The lowest BCUT2D eigenvalue weighted by Crippen LogP contribution is -2.38. The van der Waals surface area contributed by atoms with E-state index in [0.717, 1.165) is 23.4 Å². The van der Waals surface area contributed by atoms with Crippen LogP contribution in [-0.4, -0.2) is 35.7 Å². The number of nitrogens with one attached hydrogen (secondary N) is 1. The number of hydrogen-bond donors (Lipinski definition) is 2.